The van der Waals surface area contributed by atoms with Crippen LogP contribution in [0, 0.1) is 11.2 Å². The second kappa shape index (κ2) is 4.57. The van der Waals surface area contributed by atoms with Crippen molar-refractivity contribution >= 4 is 5.91 Å². The first-order valence-corrected chi connectivity index (χ1v) is 5.90. The SMILES string of the molecule is CC1(C(N)=O)CCN(Cc2cc(O)cc(F)c2)C1. The fraction of sp³-hybridized carbons (Fsp3) is 0.462. The van der Waals surface area contributed by atoms with E-state index in [4.69, 9.17) is 5.73 Å². The smallest absolute Gasteiger partial charge is 0.224 e. The summed E-state index contributed by atoms with van der Waals surface area (Å²) in [5.41, 5.74) is 5.56. The molecule has 1 amide bonds. The van der Waals surface area contributed by atoms with Crippen LogP contribution in [0.1, 0.15) is 18.9 Å². The lowest BCUT2D eigenvalue weighted by Crippen LogP contribution is -2.36. The van der Waals surface area contributed by atoms with E-state index in [2.05, 4.69) is 0 Å². The summed E-state index contributed by atoms with van der Waals surface area (Å²) >= 11 is 0. The Labute approximate surface area is 105 Å². The second-order valence-electron chi connectivity index (χ2n) is 5.20. The zero-order valence-corrected chi connectivity index (χ0v) is 10.3. The van der Waals surface area contributed by atoms with E-state index in [1.165, 1.54) is 12.1 Å². The van der Waals surface area contributed by atoms with Gasteiger partial charge >= 0.3 is 0 Å². The topological polar surface area (TPSA) is 66.6 Å². The summed E-state index contributed by atoms with van der Waals surface area (Å²) < 4.78 is 13.1. The zero-order chi connectivity index (χ0) is 13.3. The van der Waals surface area contributed by atoms with Gasteiger partial charge in [0.15, 0.2) is 0 Å². The molecule has 1 aromatic rings. The van der Waals surface area contributed by atoms with Gasteiger partial charge in [0, 0.05) is 19.2 Å². The van der Waals surface area contributed by atoms with Gasteiger partial charge in [-0.25, -0.2) is 4.39 Å². The molecule has 98 valence electrons. The molecule has 1 heterocycles. The van der Waals surface area contributed by atoms with E-state index in [-0.39, 0.29) is 11.7 Å². The highest BCUT2D eigenvalue weighted by Crippen LogP contribution is 2.30. The number of nitrogens with zero attached hydrogens (tertiary/aromatic N) is 1. The zero-order valence-electron chi connectivity index (χ0n) is 10.3. The molecule has 1 unspecified atom stereocenters. The number of hydrogen-bond donors (Lipinski definition) is 2. The number of carbonyl (C=O) groups is 1. The number of primary amides is 1. The van der Waals surface area contributed by atoms with Crippen LogP contribution in [0.15, 0.2) is 18.2 Å². The molecule has 2 rings (SSSR count). The Morgan fingerprint density at radius 2 is 2.28 bits per heavy atom. The van der Waals surface area contributed by atoms with Crippen molar-refractivity contribution < 1.29 is 14.3 Å². The summed E-state index contributed by atoms with van der Waals surface area (Å²) in [6.45, 7) is 3.67. The number of aromatic hydroxyl groups is 1. The number of benzene rings is 1. The van der Waals surface area contributed by atoms with Crippen LogP contribution in [0.3, 0.4) is 0 Å². The largest absolute Gasteiger partial charge is 0.508 e. The van der Waals surface area contributed by atoms with Crippen molar-refractivity contribution in [2.24, 2.45) is 11.1 Å². The Morgan fingerprint density at radius 1 is 1.56 bits per heavy atom. The number of likely N-dealkylation sites (tertiary alicyclic amines) is 1. The van der Waals surface area contributed by atoms with Crippen LogP contribution in [-0.2, 0) is 11.3 Å². The highest BCUT2D eigenvalue weighted by Gasteiger charge is 2.38. The summed E-state index contributed by atoms with van der Waals surface area (Å²) in [6.07, 6.45) is 0.712. The third-order valence-corrected chi connectivity index (χ3v) is 3.50. The minimum atomic E-state index is -0.505. The van der Waals surface area contributed by atoms with Crippen molar-refractivity contribution in [3.63, 3.8) is 0 Å². The Kier molecular flexibility index (Phi) is 3.26. The Morgan fingerprint density at radius 3 is 2.83 bits per heavy atom. The second-order valence-corrected chi connectivity index (χ2v) is 5.20. The van der Waals surface area contributed by atoms with Crippen molar-refractivity contribution in [2.75, 3.05) is 13.1 Å². The van der Waals surface area contributed by atoms with E-state index in [0.717, 1.165) is 12.6 Å². The first kappa shape index (κ1) is 12.8. The molecule has 1 atom stereocenters. The van der Waals surface area contributed by atoms with Crippen molar-refractivity contribution in [2.45, 2.75) is 19.9 Å². The molecule has 0 aromatic heterocycles. The average molecular weight is 252 g/mol. The first-order valence-electron chi connectivity index (χ1n) is 5.90. The molecule has 0 spiro atoms. The molecule has 0 saturated carbocycles. The van der Waals surface area contributed by atoms with Crippen LogP contribution in [-0.4, -0.2) is 29.0 Å². The molecule has 4 nitrogen and oxygen atoms in total. The molecule has 0 aliphatic carbocycles. The van der Waals surface area contributed by atoms with Gasteiger partial charge in [0.05, 0.1) is 5.41 Å². The normalized spacial score (nSPS) is 24.3. The lowest BCUT2D eigenvalue weighted by molar-refractivity contribution is -0.126. The molecule has 1 aromatic carbocycles. The van der Waals surface area contributed by atoms with Crippen LogP contribution >= 0.6 is 0 Å². The van der Waals surface area contributed by atoms with E-state index in [1.54, 1.807) is 0 Å². The van der Waals surface area contributed by atoms with Crippen LogP contribution in [0.2, 0.25) is 0 Å². The molecule has 1 aliphatic heterocycles. The predicted octanol–water partition coefficient (Wildman–Crippen LogP) is 1.23. The molecule has 5 heteroatoms. The van der Waals surface area contributed by atoms with Gasteiger partial charge in [0.25, 0.3) is 0 Å². The molecule has 1 aliphatic rings. The van der Waals surface area contributed by atoms with Gasteiger partial charge in [-0.15, -0.1) is 0 Å². The monoisotopic (exact) mass is 252 g/mol. The van der Waals surface area contributed by atoms with E-state index < -0.39 is 11.2 Å². The van der Waals surface area contributed by atoms with Gasteiger partial charge < -0.3 is 10.8 Å². The number of phenolic OH excluding ortho intramolecular Hbond substituents is 1. The highest BCUT2D eigenvalue weighted by molar-refractivity contribution is 5.81. The van der Waals surface area contributed by atoms with E-state index >= 15 is 0 Å². The lowest BCUT2D eigenvalue weighted by Gasteiger charge is -2.21. The van der Waals surface area contributed by atoms with Gasteiger partial charge in [-0.3, -0.25) is 9.69 Å². The van der Waals surface area contributed by atoms with E-state index in [1.807, 2.05) is 11.8 Å². The number of halogens is 1. The molecule has 1 fully saturated rings. The highest BCUT2D eigenvalue weighted by atomic mass is 19.1. The summed E-state index contributed by atoms with van der Waals surface area (Å²) in [4.78, 5) is 13.4. The summed E-state index contributed by atoms with van der Waals surface area (Å²) in [6, 6.07) is 3.99. The van der Waals surface area contributed by atoms with Crippen molar-refractivity contribution in [3.05, 3.63) is 29.6 Å². The maximum atomic E-state index is 13.1. The number of rotatable bonds is 3. The fourth-order valence-electron chi connectivity index (χ4n) is 2.38. The van der Waals surface area contributed by atoms with Gasteiger partial charge in [0.2, 0.25) is 5.91 Å². The maximum Gasteiger partial charge on any atom is 0.224 e. The van der Waals surface area contributed by atoms with Gasteiger partial charge in [-0.2, -0.15) is 0 Å². The van der Waals surface area contributed by atoms with Crippen molar-refractivity contribution in [3.8, 4) is 5.75 Å². The molecular formula is C13H17FN2O2. The summed E-state index contributed by atoms with van der Waals surface area (Å²) in [5.74, 6) is -0.837. The number of nitrogens with two attached hydrogens (primary N) is 1. The minimum Gasteiger partial charge on any atom is -0.508 e. The van der Waals surface area contributed by atoms with Crippen molar-refractivity contribution in [1.82, 2.24) is 4.90 Å². The standard InChI is InChI=1S/C13H17FN2O2/c1-13(12(15)18)2-3-16(8-13)7-9-4-10(14)6-11(17)5-9/h4-6,17H,2-3,7-8H2,1H3,(H2,15,18). The quantitative estimate of drug-likeness (QED) is 0.850. The molecule has 18 heavy (non-hydrogen) atoms. The Bertz CT molecular complexity index is 458. The predicted molar refractivity (Wildman–Crippen MR) is 65.3 cm³/mol. The molecular weight excluding hydrogens is 235 g/mol. The number of phenols is 1. The molecule has 3 N–H and O–H groups in total. The van der Waals surface area contributed by atoms with Gasteiger partial charge in [-0.1, -0.05) is 0 Å². The minimum absolute atomic E-state index is 0.0816. The third-order valence-electron chi connectivity index (χ3n) is 3.50. The molecule has 0 radical (unpaired) electrons. The molecule has 0 bridgehead atoms. The van der Waals surface area contributed by atoms with Crippen LogP contribution in [0.5, 0.6) is 5.75 Å². The summed E-state index contributed by atoms with van der Waals surface area (Å²) in [7, 11) is 0. The van der Waals surface area contributed by atoms with Gasteiger partial charge in [-0.05, 0) is 37.6 Å². The van der Waals surface area contributed by atoms with Crippen LogP contribution in [0.4, 0.5) is 4.39 Å². The summed E-state index contributed by atoms with van der Waals surface area (Å²) in [5, 5.41) is 9.33. The maximum absolute atomic E-state index is 13.1. The number of hydrogen-bond acceptors (Lipinski definition) is 3. The number of carbonyl (C=O) groups excluding carboxylic acids is 1. The fourth-order valence-corrected chi connectivity index (χ4v) is 2.38. The number of amides is 1. The lowest BCUT2D eigenvalue weighted by atomic mass is 9.89. The first-order chi connectivity index (χ1) is 8.39. The van der Waals surface area contributed by atoms with Crippen molar-refractivity contribution in [1.29, 1.82) is 0 Å². The Hall–Kier alpha value is -1.62. The van der Waals surface area contributed by atoms with Crippen LogP contribution in [0.25, 0.3) is 0 Å². The van der Waals surface area contributed by atoms with E-state index in [9.17, 15) is 14.3 Å². The third kappa shape index (κ3) is 2.61. The Balaban J connectivity index is 2.06. The molecule has 1 saturated heterocycles. The van der Waals surface area contributed by atoms with Gasteiger partial charge in [0.1, 0.15) is 11.6 Å². The van der Waals surface area contributed by atoms with Crippen LogP contribution < -0.4 is 5.73 Å². The average Bonchev–Trinajstić information content (AvgIpc) is 2.60. The van der Waals surface area contributed by atoms with E-state index in [0.29, 0.717) is 25.1 Å².